The molecule has 3 fully saturated rings. The Hall–Kier alpha value is -1.46. The number of rotatable bonds is 8. The van der Waals surface area contributed by atoms with Crippen LogP contribution in [0.2, 0.25) is 4.34 Å². The molecule has 1 aromatic rings. The standard InChI is InChI=1S/C24H35ClN4O4S2/c1-18-5-2-11-27(15-18)16-19-6-3-13-29(19)23(30)17-28-12-4-7-21(24(28)31)26-35(32,33)14-10-20-8-9-22(25)34-20/h8-10,14,18-19,21,26H,2-7,11-13,15-17H2,1H3/b14-10+. The second-order valence-electron chi connectivity index (χ2n) is 9.95. The summed E-state index contributed by atoms with van der Waals surface area (Å²) >= 11 is 7.16. The lowest BCUT2D eigenvalue weighted by atomic mass is 9.99. The van der Waals surface area contributed by atoms with E-state index in [1.165, 1.54) is 35.2 Å². The van der Waals surface area contributed by atoms with Crippen LogP contribution in [0.5, 0.6) is 0 Å². The van der Waals surface area contributed by atoms with Crippen LogP contribution in [0.4, 0.5) is 0 Å². The minimum atomic E-state index is -3.82. The number of sulfonamides is 1. The van der Waals surface area contributed by atoms with Crippen molar-refractivity contribution in [1.29, 1.82) is 0 Å². The fourth-order valence-corrected chi connectivity index (χ4v) is 7.45. The molecule has 0 bridgehead atoms. The highest BCUT2D eigenvalue weighted by molar-refractivity contribution is 7.92. The first-order chi connectivity index (χ1) is 16.7. The number of nitrogens with zero attached hydrogens (tertiary/aromatic N) is 3. The first-order valence-corrected chi connectivity index (χ1v) is 15.2. The van der Waals surface area contributed by atoms with E-state index in [1.54, 1.807) is 12.1 Å². The smallest absolute Gasteiger partial charge is 0.242 e. The van der Waals surface area contributed by atoms with Gasteiger partial charge in [-0.05, 0) is 69.2 Å². The molecule has 3 atom stereocenters. The van der Waals surface area contributed by atoms with E-state index < -0.39 is 16.1 Å². The van der Waals surface area contributed by atoms with Gasteiger partial charge in [-0.3, -0.25) is 9.59 Å². The Labute approximate surface area is 217 Å². The molecular weight excluding hydrogens is 508 g/mol. The highest BCUT2D eigenvalue weighted by Gasteiger charge is 2.36. The average Bonchev–Trinajstić information content (AvgIpc) is 3.44. The van der Waals surface area contributed by atoms with Gasteiger partial charge in [-0.15, -0.1) is 11.3 Å². The lowest BCUT2D eigenvalue weighted by Gasteiger charge is -2.37. The molecule has 2 amide bonds. The zero-order valence-electron chi connectivity index (χ0n) is 20.2. The van der Waals surface area contributed by atoms with Crippen LogP contribution in [0, 0.1) is 5.92 Å². The van der Waals surface area contributed by atoms with E-state index >= 15 is 0 Å². The van der Waals surface area contributed by atoms with E-state index in [9.17, 15) is 18.0 Å². The number of thiophene rings is 1. The molecule has 3 unspecified atom stereocenters. The first kappa shape index (κ1) is 26.6. The second kappa shape index (κ2) is 11.7. The SMILES string of the molecule is CC1CCCN(CC2CCCN2C(=O)CN2CCCC(NS(=O)(=O)/C=C/c3ccc(Cl)s3)C2=O)C1. The van der Waals surface area contributed by atoms with E-state index in [1.807, 2.05) is 4.90 Å². The minimum Gasteiger partial charge on any atom is -0.337 e. The largest absolute Gasteiger partial charge is 0.337 e. The average molecular weight is 543 g/mol. The maximum absolute atomic E-state index is 13.2. The Kier molecular flexibility index (Phi) is 8.91. The molecule has 4 rings (SSSR count). The van der Waals surface area contributed by atoms with Crippen LogP contribution in [0.1, 0.15) is 50.3 Å². The van der Waals surface area contributed by atoms with Crippen LogP contribution in [-0.2, 0) is 19.6 Å². The third-order valence-electron chi connectivity index (χ3n) is 7.08. The van der Waals surface area contributed by atoms with E-state index in [-0.39, 0.29) is 24.4 Å². The minimum absolute atomic E-state index is 0.00744. The summed E-state index contributed by atoms with van der Waals surface area (Å²) in [5.41, 5.74) is 0. The predicted octanol–water partition coefficient (Wildman–Crippen LogP) is 3.01. The number of piperidine rings is 2. The molecule has 0 aliphatic carbocycles. The number of halogens is 1. The van der Waals surface area contributed by atoms with Crippen LogP contribution in [0.3, 0.4) is 0 Å². The number of amides is 2. The maximum atomic E-state index is 13.2. The molecule has 8 nitrogen and oxygen atoms in total. The van der Waals surface area contributed by atoms with Gasteiger partial charge in [0.15, 0.2) is 0 Å². The Bertz CT molecular complexity index is 1040. The van der Waals surface area contributed by atoms with Crippen LogP contribution >= 0.6 is 22.9 Å². The van der Waals surface area contributed by atoms with Gasteiger partial charge in [0, 0.05) is 42.5 Å². The monoisotopic (exact) mass is 542 g/mol. The van der Waals surface area contributed by atoms with Crippen molar-refractivity contribution >= 4 is 50.9 Å². The highest BCUT2D eigenvalue weighted by Crippen LogP contribution is 2.24. The molecule has 3 aliphatic rings. The quantitative estimate of drug-likeness (QED) is 0.545. The van der Waals surface area contributed by atoms with E-state index in [0.29, 0.717) is 34.5 Å². The van der Waals surface area contributed by atoms with Gasteiger partial charge < -0.3 is 14.7 Å². The van der Waals surface area contributed by atoms with Crippen LogP contribution < -0.4 is 4.72 Å². The summed E-state index contributed by atoms with van der Waals surface area (Å²) in [4.78, 5) is 32.9. The van der Waals surface area contributed by atoms with Gasteiger partial charge in [0.1, 0.15) is 6.04 Å². The molecule has 11 heteroatoms. The normalized spacial score (nSPS) is 26.7. The number of likely N-dealkylation sites (tertiary alicyclic amines) is 3. The van der Waals surface area contributed by atoms with Gasteiger partial charge in [0.2, 0.25) is 21.8 Å². The Morgan fingerprint density at radius 3 is 2.69 bits per heavy atom. The summed E-state index contributed by atoms with van der Waals surface area (Å²) in [5.74, 6) is 0.323. The second-order valence-corrected chi connectivity index (χ2v) is 13.3. The topological polar surface area (TPSA) is 90.0 Å². The molecule has 3 saturated heterocycles. The van der Waals surface area contributed by atoms with Crippen molar-refractivity contribution in [3.05, 3.63) is 26.8 Å². The van der Waals surface area contributed by atoms with Crippen LogP contribution in [0.25, 0.3) is 6.08 Å². The van der Waals surface area contributed by atoms with Gasteiger partial charge in [-0.1, -0.05) is 18.5 Å². The van der Waals surface area contributed by atoms with E-state index in [0.717, 1.165) is 44.4 Å². The molecule has 0 radical (unpaired) electrons. The summed E-state index contributed by atoms with van der Waals surface area (Å²) in [7, 11) is -3.82. The molecule has 0 saturated carbocycles. The fraction of sp³-hybridized carbons (Fsp3) is 0.667. The Morgan fingerprint density at radius 1 is 1.17 bits per heavy atom. The number of carbonyl (C=O) groups excluding carboxylic acids is 2. The summed E-state index contributed by atoms with van der Waals surface area (Å²) in [6.07, 6.45) is 6.98. The predicted molar refractivity (Wildman–Crippen MR) is 140 cm³/mol. The van der Waals surface area contributed by atoms with Crippen molar-refractivity contribution in [3.63, 3.8) is 0 Å². The number of hydrogen-bond donors (Lipinski definition) is 1. The summed E-state index contributed by atoms with van der Waals surface area (Å²) in [5, 5.41) is 1.06. The van der Waals surface area contributed by atoms with Crippen molar-refractivity contribution in [2.24, 2.45) is 5.92 Å². The summed E-state index contributed by atoms with van der Waals surface area (Å²) in [6.45, 7) is 6.55. The van der Waals surface area contributed by atoms with Gasteiger partial charge >= 0.3 is 0 Å². The van der Waals surface area contributed by atoms with Crippen LogP contribution in [-0.4, -0.2) is 86.3 Å². The molecule has 1 N–H and O–H groups in total. The van der Waals surface area contributed by atoms with Crippen molar-refractivity contribution in [2.45, 2.75) is 57.5 Å². The van der Waals surface area contributed by atoms with Crippen molar-refractivity contribution in [1.82, 2.24) is 19.4 Å². The summed E-state index contributed by atoms with van der Waals surface area (Å²) < 4.78 is 28.2. The molecule has 0 spiro atoms. The molecule has 4 heterocycles. The summed E-state index contributed by atoms with van der Waals surface area (Å²) in [6, 6.07) is 2.76. The molecule has 3 aliphatic heterocycles. The van der Waals surface area contributed by atoms with Gasteiger partial charge in [0.25, 0.3) is 0 Å². The lowest BCUT2D eigenvalue weighted by Crippen LogP contribution is -2.55. The van der Waals surface area contributed by atoms with E-state index in [4.69, 9.17) is 11.6 Å². The van der Waals surface area contributed by atoms with Crippen molar-refractivity contribution < 1.29 is 18.0 Å². The molecule has 0 aromatic carbocycles. The lowest BCUT2D eigenvalue weighted by molar-refractivity contribution is -0.143. The van der Waals surface area contributed by atoms with E-state index in [2.05, 4.69) is 16.5 Å². The fourth-order valence-electron chi connectivity index (χ4n) is 5.38. The van der Waals surface area contributed by atoms with Crippen molar-refractivity contribution in [2.75, 3.05) is 39.3 Å². The molecule has 35 heavy (non-hydrogen) atoms. The number of nitrogens with one attached hydrogen (secondary N) is 1. The third-order valence-corrected chi connectivity index (χ3v) is 9.38. The van der Waals surface area contributed by atoms with Crippen LogP contribution in [0.15, 0.2) is 17.5 Å². The first-order valence-electron chi connectivity index (χ1n) is 12.5. The molecular formula is C24H35ClN4O4S2. The van der Waals surface area contributed by atoms with Gasteiger partial charge in [0.05, 0.1) is 10.9 Å². The van der Waals surface area contributed by atoms with Gasteiger partial charge in [-0.25, -0.2) is 8.42 Å². The third kappa shape index (κ3) is 7.29. The zero-order valence-corrected chi connectivity index (χ0v) is 22.6. The zero-order chi connectivity index (χ0) is 25.0. The van der Waals surface area contributed by atoms with Gasteiger partial charge in [-0.2, -0.15) is 4.72 Å². The Balaban J connectivity index is 1.32. The number of hydrogen-bond acceptors (Lipinski definition) is 6. The Morgan fingerprint density at radius 2 is 1.94 bits per heavy atom. The highest BCUT2D eigenvalue weighted by atomic mass is 35.5. The maximum Gasteiger partial charge on any atom is 0.242 e. The molecule has 1 aromatic heterocycles. The number of carbonyl (C=O) groups is 2. The van der Waals surface area contributed by atoms with Crippen molar-refractivity contribution in [3.8, 4) is 0 Å². The molecule has 194 valence electrons.